The van der Waals surface area contributed by atoms with Crippen LogP contribution in [0.2, 0.25) is 0 Å². The van der Waals surface area contributed by atoms with Crippen LogP contribution in [0.15, 0.2) is 36.1 Å². The van der Waals surface area contributed by atoms with Crippen molar-refractivity contribution in [1.82, 2.24) is 31.9 Å². The maximum absolute atomic E-state index is 13.7. The number of carbonyl (C=O) groups excluding carboxylic acids is 5. The van der Waals surface area contributed by atoms with Gasteiger partial charge in [-0.1, -0.05) is 0 Å². The van der Waals surface area contributed by atoms with Crippen LogP contribution < -0.4 is 31.9 Å². The van der Waals surface area contributed by atoms with Gasteiger partial charge in [-0.05, 0) is 119 Å². The van der Waals surface area contributed by atoms with Crippen molar-refractivity contribution in [3.63, 3.8) is 0 Å². The molecule has 2 fully saturated rings. The van der Waals surface area contributed by atoms with Crippen molar-refractivity contribution in [2.24, 2.45) is 0 Å². The quantitative estimate of drug-likeness (QED) is 0.0602. The molecule has 3 aliphatic rings. The van der Waals surface area contributed by atoms with Crippen LogP contribution >= 0.6 is 0 Å². The van der Waals surface area contributed by atoms with Crippen LogP contribution in [0.1, 0.15) is 94.1 Å². The Labute approximate surface area is 417 Å². The highest BCUT2D eigenvalue weighted by Gasteiger charge is 2.53. The van der Waals surface area contributed by atoms with Crippen LogP contribution in [-0.4, -0.2) is 172 Å². The molecule has 1 aromatic carbocycles. The normalized spacial score (nSPS) is 28.1. The molecule has 1 aliphatic carbocycles. The number of rotatable bonds is 17. The number of aliphatic hydroxyl groups is 4. The van der Waals surface area contributed by atoms with Crippen molar-refractivity contribution in [2.45, 2.75) is 185 Å². The summed E-state index contributed by atoms with van der Waals surface area (Å²) in [6, 6.07) is 0.705. The van der Waals surface area contributed by atoms with Gasteiger partial charge in [-0.3, -0.25) is 14.9 Å². The van der Waals surface area contributed by atoms with E-state index >= 15 is 0 Å². The molecule has 0 aromatic heterocycles. The highest BCUT2D eigenvalue weighted by molar-refractivity contribution is 5.81. The van der Waals surface area contributed by atoms with Gasteiger partial charge in [0, 0.05) is 18.7 Å². The third-order valence-corrected chi connectivity index (χ3v) is 10.9. The predicted octanol–water partition coefficient (Wildman–Crippen LogP) is 1.59. The van der Waals surface area contributed by atoms with Gasteiger partial charge in [-0.15, -0.1) is 0 Å². The Morgan fingerprint density at radius 3 is 1.89 bits per heavy atom. The van der Waals surface area contributed by atoms with Crippen molar-refractivity contribution >= 4 is 36.0 Å². The Balaban J connectivity index is 1.66. The molecule has 72 heavy (non-hydrogen) atoms. The SMILES string of the molecule is CNC1[C@@H](O)[C@@H](O[C@@H]2[C@@H](O)[C@@H](O[C@H]3OC(CNC(=O)OCc4ccc([N+](=O)[O-])cc4)=CCC3NC(=O)OC(C)(C)C)[C@@H](NC(=O)OC(C)(C)C)C[C@@H]2NC(=O)[C@H](O)CCNC(=O)OC(C)(C)C)OC[C@]1(C)O. The number of ether oxygens (including phenoxy) is 8. The molecular weight excluding hydrogens is 955 g/mol. The van der Waals surface area contributed by atoms with Gasteiger partial charge in [0.2, 0.25) is 12.2 Å². The van der Waals surface area contributed by atoms with E-state index in [9.17, 15) is 54.5 Å². The third-order valence-electron chi connectivity index (χ3n) is 10.9. The number of amides is 5. The lowest BCUT2D eigenvalue weighted by Gasteiger charge is -2.49. The lowest BCUT2D eigenvalue weighted by Crippen LogP contribution is -2.70. The zero-order valence-electron chi connectivity index (χ0n) is 42.5. The van der Waals surface area contributed by atoms with Crippen molar-refractivity contribution < 1.29 is 87.2 Å². The molecule has 5 amide bonds. The predicted molar refractivity (Wildman–Crippen MR) is 252 cm³/mol. The first-order chi connectivity index (χ1) is 33.3. The summed E-state index contributed by atoms with van der Waals surface area (Å²) in [7, 11) is 1.49. The van der Waals surface area contributed by atoms with Crippen molar-refractivity contribution in [3.8, 4) is 0 Å². The van der Waals surface area contributed by atoms with Crippen LogP contribution in [0.4, 0.5) is 24.9 Å². The molecule has 26 heteroatoms. The minimum Gasteiger partial charge on any atom is -0.465 e. The van der Waals surface area contributed by atoms with Crippen LogP contribution in [0.3, 0.4) is 0 Å². The molecule has 0 bridgehead atoms. The molecule has 1 saturated heterocycles. The molecule has 12 atom stereocenters. The fourth-order valence-electron chi connectivity index (χ4n) is 7.75. The molecule has 10 N–H and O–H groups in total. The second-order valence-electron chi connectivity index (χ2n) is 20.8. The fourth-order valence-corrected chi connectivity index (χ4v) is 7.75. The van der Waals surface area contributed by atoms with Gasteiger partial charge < -0.3 is 90.2 Å². The van der Waals surface area contributed by atoms with E-state index in [0.717, 1.165) is 0 Å². The first-order valence-corrected chi connectivity index (χ1v) is 23.5. The number of nitrogens with one attached hydrogen (secondary N) is 6. The van der Waals surface area contributed by atoms with Gasteiger partial charge >= 0.3 is 24.4 Å². The van der Waals surface area contributed by atoms with E-state index in [1.54, 1.807) is 68.4 Å². The van der Waals surface area contributed by atoms with Crippen LogP contribution in [0.5, 0.6) is 0 Å². The molecule has 1 saturated carbocycles. The topological polar surface area (TPSA) is 355 Å². The highest BCUT2D eigenvalue weighted by Crippen LogP contribution is 2.33. The average molecular weight is 1030 g/mol. The lowest BCUT2D eigenvalue weighted by molar-refractivity contribution is -0.384. The Morgan fingerprint density at radius 2 is 1.33 bits per heavy atom. The van der Waals surface area contributed by atoms with Gasteiger partial charge in [-0.2, -0.15) is 0 Å². The molecule has 2 aliphatic heterocycles. The van der Waals surface area contributed by atoms with E-state index in [2.05, 4.69) is 31.9 Å². The van der Waals surface area contributed by atoms with Crippen LogP contribution in [0.25, 0.3) is 0 Å². The Kier molecular flexibility index (Phi) is 20.4. The molecule has 26 nitrogen and oxygen atoms in total. The number of likely N-dealkylation sites (N-methyl/N-ethyl adjacent to an activating group) is 1. The summed E-state index contributed by atoms with van der Waals surface area (Å²) in [5, 5.41) is 72.8. The monoisotopic (exact) mass is 1030 g/mol. The van der Waals surface area contributed by atoms with E-state index in [4.69, 9.17) is 37.9 Å². The molecule has 0 spiro atoms. The number of alkyl carbamates (subject to hydrolysis) is 4. The van der Waals surface area contributed by atoms with Crippen LogP contribution in [-0.2, 0) is 49.3 Å². The van der Waals surface area contributed by atoms with Crippen molar-refractivity contribution in [2.75, 3.05) is 26.7 Å². The summed E-state index contributed by atoms with van der Waals surface area (Å²) in [5.41, 5.74) is -4.02. The number of aliphatic hydroxyl groups excluding tert-OH is 3. The zero-order valence-corrected chi connectivity index (χ0v) is 42.5. The summed E-state index contributed by atoms with van der Waals surface area (Å²) in [5.74, 6) is -0.873. The fraction of sp³-hybridized carbons (Fsp3) is 0.717. The number of hydrogen-bond acceptors (Lipinski definition) is 20. The molecule has 1 aromatic rings. The first kappa shape index (κ1) is 59.0. The second kappa shape index (κ2) is 24.9. The molecule has 406 valence electrons. The number of nitro groups is 1. The van der Waals surface area contributed by atoms with Gasteiger partial charge in [-0.25, -0.2) is 19.2 Å². The minimum atomic E-state index is -1.89. The molecule has 2 unspecified atom stereocenters. The highest BCUT2D eigenvalue weighted by atomic mass is 16.7. The van der Waals surface area contributed by atoms with Crippen molar-refractivity contribution in [1.29, 1.82) is 0 Å². The first-order valence-electron chi connectivity index (χ1n) is 23.5. The van der Waals surface area contributed by atoms with Crippen LogP contribution in [0, 0.1) is 10.1 Å². The second-order valence-corrected chi connectivity index (χ2v) is 20.8. The van der Waals surface area contributed by atoms with Gasteiger partial charge in [0.15, 0.2) is 6.29 Å². The number of hydrogen-bond donors (Lipinski definition) is 10. The number of non-ortho nitro benzene ring substituents is 1. The van der Waals surface area contributed by atoms with Crippen molar-refractivity contribution in [3.05, 3.63) is 51.8 Å². The van der Waals surface area contributed by atoms with E-state index in [-0.39, 0.29) is 57.0 Å². The molecule has 0 radical (unpaired) electrons. The van der Waals surface area contributed by atoms with Gasteiger partial charge in [0.25, 0.3) is 5.69 Å². The van der Waals surface area contributed by atoms with Gasteiger partial charge in [0.1, 0.15) is 65.3 Å². The summed E-state index contributed by atoms with van der Waals surface area (Å²) >= 11 is 0. The summed E-state index contributed by atoms with van der Waals surface area (Å²) in [6.45, 7) is 15.2. The standard InChI is InChI=1S/C46H73N7O19/c1-43(2,3)70-40(59)48-19-18-30(54)36(57)50-28-20-29(52-42(61)72-45(7,8)9)34(31(55)33(28)69-38-32(56)35(47-11)46(10,62)23-66-38)68-37-27(51-41(60)71-44(4,5)6)17-16-26(67-37)21-49-39(58)65-22-24-12-14-25(15-13-24)53(63)64/h12-16,27-35,37-38,47,54-56,62H,17-23H2,1-11H3,(H,48,59)(H,49,58)(H,50,57)(H,51,60)(H,52,61)/t27?,28-,29-,30+,31+,32+,33-,34-,35?,37+,38+,46-/m0/s1. The maximum atomic E-state index is 13.7. The van der Waals surface area contributed by atoms with Gasteiger partial charge in [0.05, 0.1) is 42.2 Å². The largest absolute Gasteiger partial charge is 0.465 e. The maximum Gasteiger partial charge on any atom is 0.408 e. The summed E-state index contributed by atoms with van der Waals surface area (Å²) in [6.07, 6.45) is -14.0. The zero-order chi connectivity index (χ0) is 53.9. The van der Waals surface area contributed by atoms with E-state index in [0.29, 0.717) is 5.56 Å². The molecule has 2 heterocycles. The average Bonchev–Trinajstić information content (AvgIpc) is 3.24. The third kappa shape index (κ3) is 18.5. The number of benzene rings is 1. The number of nitro benzene ring substituents is 1. The smallest absolute Gasteiger partial charge is 0.408 e. The Morgan fingerprint density at radius 1 is 0.792 bits per heavy atom. The van der Waals surface area contributed by atoms with E-state index < -0.39 is 125 Å². The molecular formula is C46H73N7O19. The summed E-state index contributed by atoms with van der Waals surface area (Å²) in [4.78, 5) is 75.9. The Bertz CT molecular complexity index is 2050. The minimum absolute atomic E-state index is 0.00152. The lowest BCUT2D eigenvalue weighted by atomic mass is 9.82. The number of nitrogens with zero attached hydrogens (tertiary/aromatic N) is 1. The summed E-state index contributed by atoms with van der Waals surface area (Å²) < 4.78 is 46.4. The Hall–Kier alpha value is -5.61. The number of carbonyl (C=O) groups is 5. The van der Waals surface area contributed by atoms with E-state index in [1.165, 1.54) is 38.2 Å². The van der Waals surface area contributed by atoms with E-state index in [1.807, 2.05) is 0 Å². The molecule has 4 rings (SSSR count).